The predicted molar refractivity (Wildman–Crippen MR) is 323 cm³/mol. The maximum Gasteiger partial charge on any atom is 0.268 e. The van der Waals surface area contributed by atoms with Crippen molar-refractivity contribution in [3.05, 3.63) is 304 Å². The van der Waals surface area contributed by atoms with E-state index in [-0.39, 0.29) is 21.1 Å². The maximum absolute atomic E-state index is 6.80. The first kappa shape index (κ1) is 48.7. The molecule has 0 amide bonds. The summed E-state index contributed by atoms with van der Waals surface area (Å²) in [6.07, 6.45) is 5.71. The zero-order chi connectivity index (χ0) is 52.3. The van der Waals surface area contributed by atoms with E-state index in [0.29, 0.717) is 11.5 Å². The molecule has 1 aliphatic heterocycles. The molecule has 15 rings (SSSR count). The fourth-order valence-electron chi connectivity index (χ4n) is 12.2. The fraction of sp³-hybridized carbons (Fsp3) is 0. The molecule has 0 saturated heterocycles. The first-order valence-electron chi connectivity index (χ1n) is 26.6. The molecule has 1 aliphatic rings. The SMILES string of the molecule is [Pt].[c-]1c(Oc2[c-]c3c(cc2)c2ccccc2n3-c2cc(N3c4ccccc4[Si](c4ccccc4)(c4ccccc4)c4ccccc43)ccn2)cccc1-n1[c-][n+](-c2c(-c3ccccc3)cccc2-c2ccccc2)c2ccccc21. The Morgan fingerprint density at radius 1 is 0.450 bits per heavy atom. The Morgan fingerprint density at radius 3 is 1.66 bits per heavy atom. The third-order valence-electron chi connectivity index (χ3n) is 15.5. The van der Waals surface area contributed by atoms with Crippen molar-refractivity contribution in [2.45, 2.75) is 0 Å². The van der Waals surface area contributed by atoms with Gasteiger partial charge in [0, 0.05) is 61.7 Å². The molecule has 382 valence electrons. The van der Waals surface area contributed by atoms with E-state index in [0.717, 1.165) is 89.3 Å². The second-order valence-electron chi connectivity index (χ2n) is 19.9. The zero-order valence-electron chi connectivity index (χ0n) is 43.1. The van der Waals surface area contributed by atoms with Crippen molar-refractivity contribution in [2.75, 3.05) is 4.90 Å². The zero-order valence-corrected chi connectivity index (χ0v) is 46.4. The molecule has 0 aliphatic carbocycles. The summed E-state index contributed by atoms with van der Waals surface area (Å²) in [5.74, 6) is 1.88. The van der Waals surface area contributed by atoms with Crippen LogP contribution < -0.4 is 35.0 Å². The topological polar surface area (TPSA) is 39.1 Å². The van der Waals surface area contributed by atoms with Crippen LogP contribution in [0.5, 0.6) is 11.5 Å². The molecule has 80 heavy (non-hydrogen) atoms. The van der Waals surface area contributed by atoms with E-state index in [1.165, 1.54) is 20.7 Å². The molecular formula is C72H47N5OPtSi-2. The van der Waals surface area contributed by atoms with Crippen LogP contribution in [0.25, 0.3) is 72.3 Å². The molecule has 11 aromatic carbocycles. The van der Waals surface area contributed by atoms with Crippen LogP contribution >= 0.6 is 0 Å². The van der Waals surface area contributed by atoms with Gasteiger partial charge in [-0.25, -0.2) is 4.98 Å². The summed E-state index contributed by atoms with van der Waals surface area (Å²) in [6, 6.07) is 107. The molecule has 0 unspecified atom stereocenters. The number of imidazole rings is 1. The first-order chi connectivity index (χ1) is 39.2. The summed E-state index contributed by atoms with van der Waals surface area (Å²) < 4.78 is 13.3. The van der Waals surface area contributed by atoms with Gasteiger partial charge < -0.3 is 18.8 Å². The van der Waals surface area contributed by atoms with Crippen molar-refractivity contribution in [2.24, 2.45) is 0 Å². The quantitative estimate of drug-likeness (QED) is 0.0778. The summed E-state index contributed by atoms with van der Waals surface area (Å²) in [5.41, 5.74) is 13.5. The van der Waals surface area contributed by atoms with Crippen molar-refractivity contribution >= 4 is 78.7 Å². The monoisotopic (exact) mass is 1220 g/mol. The van der Waals surface area contributed by atoms with Crippen molar-refractivity contribution in [3.63, 3.8) is 0 Å². The van der Waals surface area contributed by atoms with E-state index in [9.17, 15) is 0 Å². The Labute approximate surface area is 479 Å². The van der Waals surface area contributed by atoms with Gasteiger partial charge in [-0.05, 0) is 78.3 Å². The Bertz CT molecular complexity index is 4450. The minimum atomic E-state index is -2.79. The maximum atomic E-state index is 6.80. The van der Waals surface area contributed by atoms with Crippen LogP contribution in [0.1, 0.15) is 0 Å². The second-order valence-corrected chi connectivity index (χ2v) is 23.6. The molecule has 3 aromatic heterocycles. The summed E-state index contributed by atoms with van der Waals surface area (Å²) in [7, 11) is -2.79. The van der Waals surface area contributed by atoms with Gasteiger partial charge in [-0.2, -0.15) is 18.2 Å². The normalized spacial score (nSPS) is 12.5. The third kappa shape index (κ3) is 7.96. The Morgan fingerprint density at radius 2 is 1.00 bits per heavy atom. The Balaban J connectivity index is 0.00000577. The van der Waals surface area contributed by atoms with Crippen LogP contribution in [-0.4, -0.2) is 22.2 Å². The third-order valence-corrected chi connectivity index (χ3v) is 20.4. The molecule has 0 bridgehead atoms. The summed E-state index contributed by atoms with van der Waals surface area (Å²) in [5, 5.41) is 7.52. The standard InChI is InChI=1S/C72H47N5OSi.Pt/c1-5-23-51(24-6-1)59-34-22-35-60(52-25-7-2-8-26-52)72(59)75-50-74(64-37-15-16-38-65(64)75)53-27-21-28-55(47-53)78-56-43-44-62-61-33-13-14-36-63(61)77(68(62)49-56)71-48-54(45-46-73-71)76-66-39-17-19-41-69(66)79(57-29-9-3-10-30-57,58-31-11-4-12-32-58)70-42-20-18-40-67(70)76;/h1-46,48H;/q-2;. The van der Waals surface area contributed by atoms with E-state index in [1.54, 1.807) is 0 Å². The van der Waals surface area contributed by atoms with Crippen LogP contribution in [0, 0.1) is 18.5 Å². The van der Waals surface area contributed by atoms with Gasteiger partial charge in [-0.3, -0.25) is 4.57 Å². The largest absolute Gasteiger partial charge is 0.510 e. The number of nitrogens with zero attached hydrogens (tertiary/aromatic N) is 5. The van der Waals surface area contributed by atoms with Crippen molar-refractivity contribution < 1.29 is 30.4 Å². The van der Waals surface area contributed by atoms with Gasteiger partial charge in [0.1, 0.15) is 5.82 Å². The fourth-order valence-corrected chi connectivity index (χ4v) is 17.3. The van der Waals surface area contributed by atoms with Gasteiger partial charge in [0.05, 0.1) is 22.4 Å². The molecule has 0 radical (unpaired) electrons. The molecule has 8 heteroatoms. The van der Waals surface area contributed by atoms with Gasteiger partial charge in [0.25, 0.3) is 6.33 Å². The van der Waals surface area contributed by atoms with Crippen molar-refractivity contribution in [1.82, 2.24) is 14.1 Å². The number of aromatic nitrogens is 4. The Kier molecular flexibility index (Phi) is 12.4. The van der Waals surface area contributed by atoms with Crippen LogP contribution in [0.2, 0.25) is 0 Å². The molecule has 14 aromatic rings. The van der Waals surface area contributed by atoms with Crippen molar-refractivity contribution in [1.29, 1.82) is 0 Å². The van der Waals surface area contributed by atoms with Crippen LogP contribution in [0.15, 0.2) is 285 Å². The summed E-state index contributed by atoms with van der Waals surface area (Å²) >= 11 is 0. The van der Waals surface area contributed by atoms with Gasteiger partial charge in [0.2, 0.25) is 0 Å². The summed E-state index contributed by atoms with van der Waals surface area (Å²) in [6.45, 7) is 0. The summed E-state index contributed by atoms with van der Waals surface area (Å²) in [4.78, 5) is 7.56. The van der Waals surface area contributed by atoms with Crippen LogP contribution in [0.3, 0.4) is 0 Å². The molecule has 4 heterocycles. The number of rotatable bonds is 10. The average Bonchev–Trinajstić information content (AvgIpc) is 3.30. The van der Waals surface area contributed by atoms with Gasteiger partial charge in [-0.15, -0.1) is 29.7 Å². The van der Waals surface area contributed by atoms with E-state index >= 15 is 0 Å². The van der Waals surface area contributed by atoms with Crippen LogP contribution in [0.4, 0.5) is 17.1 Å². The molecule has 0 atom stereocenters. The number of ether oxygens (including phenoxy) is 1. The number of hydrogen-bond acceptors (Lipinski definition) is 3. The number of pyridine rings is 1. The predicted octanol–water partition coefficient (Wildman–Crippen LogP) is 14.1. The molecule has 6 nitrogen and oxygen atoms in total. The molecule has 0 fully saturated rings. The Hall–Kier alpha value is -9.65. The van der Waals surface area contributed by atoms with E-state index in [2.05, 4.69) is 298 Å². The van der Waals surface area contributed by atoms with E-state index in [1.807, 2.05) is 24.4 Å². The van der Waals surface area contributed by atoms with Gasteiger partial charge in [0.15, 0.2) is 8.07 Å². The smallest absolute Gasteiger partial charge is 0.268 e. The van der Waals surface area contributed by atoms with E-state index < -0.39 is 8.07 Å². The molecule has 0 spiro atoms. The molecule has 0 N–H and O–H groups in total. The number of hydrogen-bond donors (Lipinski definition) is 0. The van der Waals surface area contributed by atoms with Gasteiger partial charge in [-0.1, -0.05) is 224 Å². The number of fused-ring (bicyclic) bond motifs is 6. The average molecular weight is 1220 g/mol. The number of benzene rings is 11. The van der Waals surface area contributed by atoms with Crippen LogP contribution in [-0.2, 0) is 21.1 Å². The minimum absolute atomic E-state index is 0. The minimum Gasteiger partial charge on any atom is -0.510 e. The molecule has 0 saturated carbocycles. The van der Waals surface area contributed by atoms with Crippen molar-refractivity contribution in [3.8, 4) is 50.9 Å². The molecular weight excluding hydrogens is 1170 g/mol. The van der Waals surface area contributed by atoms with E-state index in [4.69, 9.17) is 9.72 Å². The number of para-hydroxylation sites is 6. The number of anilines is 3. The van der Waals surface area contributed by atoms with Gasteiger partial charge >= 0.3 is 0 Å². The first-order valence-corrected chi connectivity index (χ1v) is 28.6. The second kappa shape index (κ2) is 20.3.